The molecule has 2 nitrogen and oxygen atoms in total. The van der Waals surface area contributed by atoms with Crippen LogP contribution in [0.1, 0.15) is 43.2 Å². The highest BCUT2D eigenvalue weighted by Gasteiger charge is 2.44. The van der Waals surface area contributed by atoms with Crippen LogP contribution in [0.15, 0.2) is 24.3 Å². The molecule has 3 rings (SSSR count). The lowest BCUT2D eigenvalue weighted by molar-refractivity contribution is -0.0596. The number of piperidine rings is 1. The molecule has 2 aliphatic rings. The van der Waals surface area contributed by atoms with Crippen LogP contribution in [0.3, 0.4) is 0 Å². The van der Waals surface area contributed by atoms with E-state index in [1.54, 1.807) is 0 Å². The molecule has 2 heterocycles. The summed E-state index contributed by atoms with van der Waals surface area (Å²) < 4.78 is 5.79. The molecule has 1 aromatic carbocycles. The summed E-state index contributed by atoms with van der Waals surface area (Å²) in [5.41, 5.74) is 3.31. The van der Waals surface area contributed by atoms with Gasteiger partial charge in [0.05, 0.1) is 6.10 Å². The molecule has 0 amide bonds. The van der Waals surface area contributed by atoms with Crippen LogP contribution in [-0.4, -0.2) is 25.8 Å². The van der Waals surface area contributed by atoms with E-state index in [1.807, 2.05) is 0 Å². The molecule has 0 aliphatic carbocycles. The van der Waals surface area contributed by atoms with Crippen molar-refractivity contribution in [3.63, 3.8) is 0 Å². The molecule has 3 atom stereocenters. The molecule has 2 aliphatic heterocycles. The van der Waals surface area contributed by atoms with E-state index >= 15 is 0 Å². The summed E-state index contributed by atoms with van der Waals surface area (Å²) in [7, 11) is 0. The molecule has 1 N–H and O–H groups in total. The van der Waals surface area contributed by atoms with Crippen LogP contribution >= 0.6 is 0 Å². The van der Waals surface area contributed by atoms with Crippen LogP contribution in [-0.2, 0) is 4.74 Å². The van der Waals surface area contributed by atoms with Gasteiger partial charge in [0.25, 0.3) is 0 Å². The van der Waals surface area contributed by atoms with Gasteiger partial charge in [0.2, 0.25) is 0 Å². The standard InChI is InChI=1S/C17H25NO/c1-13-3-5-15(6-4-13)16-12-18-9-7-17(16)8-10-19-14(2)11-17/h3-6,14,16,18H,7-12H2,1-2H3. The number of rotatable bonds is 1. The minimum absolute atomic E-state index is 0.416. The maximum Gasteiger partial charge on any atom is 0.0552 e. The number of aryl methyl sites for hydroxylation is 1. The second-order valence-electron chi connectivity index (χ2n) is 6.42. The smallest absolute Gasteiger partial charge is 0.0552 e. The fourth-order valence-corrected chi connectivity index (χ4v) is 3.99. The number of benzene rings is 1. The predicted molar refractivity (Wildman–Crippen MR) is 78.5 cm³/mol. The maximum absolute atomic E-state index is 5.79. The van der Waals surface area contributed by atoms with Crippen molar-refractivity contribution in [1.29, 1.82) is 0 Å². The molecule has 104 valence electrons. The van der Waals surface area contributed by atoms with Crippen LogP contribution in [0.25, 0.3) is 0 Å². The molecular weight excluding hydrogens is 234 g/mol. The summed E-state index contributed by atoms with van der Waals surface area (Å²) in [5.74, 6) is 0.646. The average molecular weight is 259 g/mol. The van der Waals surface area contributed by atoms with Gasteiger partial charge in [0.1, 0.15) is 0 Å². The molecule has 2 saturated heterocycles. The van der Waals surface area contributed by atoms with E-state index in [0.717, 1.165) is 19.7 Å². The monoisotopic (exact) mass is 259 g/mol. The van der Waals surface area contributed by atoms with Gasteiger partial charge < -0.3 is 10.1 Å². The van der Waals surface area contributed by atoms with Gasteiger partial charge in [-0.05, 0) is 50.6 Å². The molecule has 2 fully saturated rings. The van der Waals surface area contributed by atoms with Gasteiger partial charge in [-0.1, -0.05) is 29.8 Å². The first-order valence-corrected chi connectivity index (χ1v) is 7.58. The number of hydrogen-bond acceptors (Lipinski definition) is 2. The molecule has 1 aromatic rings. The van der Waals surface area contributed by atoms with Gasteiger partial charge in [0.15, 0.2) is 0 Å². The summed E-state index contributed by atoms with van der Waals surface area (Å²) in [6.07, 6.45) is 4.14. The van der Waals surface area contributed by atoms with Crippen molar-refractivity contribution < 1.29 is 4.74 Å². The summed E-state index contributed by atoms with van der Waals surface area (Å²) in [6.45, 7) is 7.61. The SMILES string of the molecule is Cc1ccc(C2CNCCC23CCOC(C)C3)cc1. The van der Waals surface area contributed by atoms with Crippen molar-refractivity contribution in [3.8, 4) is 0 Å². The zero-order valence-electron chi connectivity index (χ0n) is 12.1. The van der Waals surface area contributed by atoms with Gasteiger partial charge in [-0.25, -0.2) is 0 Å². The highest BCUT2D eigenvalue weighted by Crippen LogP contribution is 2.49. The second kappa shape index (κ2) is 5.26. The second-order valence-corrected chi connectivity index (χ2v) is 6.42. The number of ether oxygens (including phenoxy) is 1. The molecule has 2 heteroatoms. The Kier molecular flexibility index (Phi) is 3.64. The summed E-state index contributed by atoms with van der Waals surface area (Å²) >= 11 is 0. The third-order valence-corrected chi connectivity index (χ3v) is 5.06. The minimum atomic E-state index is 0.416. The lowest BCUT2D eigenvalue weighted by Gasteiger charge is -2.49. The third kappa shape index (κ3) is 2.56. The van der Waals surface area contributed by atoms with Crippen molar-refractivity contribution in [1.82, 2.24) is 5.32 Å². The van der Waals surface area contributed by atoms with Gasteiger partial charge >= 0.3 is 0 Å². The molecule has 19 heavy (non-hydrogen) atoms. The fourth-order valence-electron chi connectivity index (χ4n) is 3.99. The summed E-state index contributed by atoms with van der Waals surface area (Å²) in [4.78, 5) is 0. The van der Waals surface area contributed by atoms with E-state index in [9.17, 15) is 0 Å². The Hall–Kier alpha value is -0.860. The maximum atomic E-state index is 5.79. The van der Waals surface area contributed by atoms with E-state index in [2.05, 4.69) is 43.4 Å². The van der Waals surface area contributed by atoms with Crippen LogP contribution in [0, 0.1) is 12.3 Å². The summed E-state index contributed by atoms with van der Waals surface area (Å²) in [6, 6.07) is 9.16. The summed E-state index contributed by atoms with van der Waals surface area (Å²) in [5, 5.41) is 3.59. The highest BCUT2D eigenvalue weighted by molar-refractivity contribution is 5.27. The molecule has 0 radical (unpaired) electrons. The van der Waals surface area contributed by atoms with Crippen molar-refractivity contribution in [3.05, 3.63) is 35.4 Å². The quantitative estimate of drug-likeness (QED) is 0.836. The highest BCUT2D eigenvalue weighted by atomic mass is 16.5. The number of nitrogens with one attached hydrogen (secondary N) is 1. The van der Waals surface area contributed by atoms with Crippen LogP contribution < -0.4 is 5.32 Å². The van der Waals surface area contributed by atoms with Crippen molar-refractivity contribution >= 4 is 0 Å². The first-order chi connectivity index (χ1) is 9.20. The Labute approximate surface area is 116 Å². The Morgan fingerprint density at radius 2 is 2.00 bits per heavy atom. The third-order valence-electron chi connectivity index (χ3n) is 5.06. The first-order valence-electron chi connectivity index (χ1n) is 7.58. The van der Waals surface area contributed by atoms with E-state index in [4.69, 9.17) is 4.74 Å². The van der Waals surface area contributed by atoms with Crippen LogP contribution in [0.2, 0.25) is 0 Å². The zero-order valence-corrected chi connectivity index (χ0v) is 12.1. The van der Waals surface area contributed by atoms with E-state index in [0.29, 0.717) is 17.4 Å². The van der Waals surface area contributed by atoms with E-state index in [-0.39, 0.29) is 0 Å². The molecule has 0 aromatic heterocycles. The topological polar surface area (TPSA) is 21.3 Å². The van der Waals surface area contributed by atoms with Gasteiger partial charge in [-0.15, -0.1) is 0 Å². The lowest BCUT2D eigenvalue weighted by Crippen LogP contribution is -2.48. The van der Waals surface area contributed by atoms with E-state index in [1.165, 1.54) is 30.4 Å². The van der Waals surface area contributed by atoms with Crippen molar-refractivity contribution in [2.75, 3.05) is 19.7 Å². The molecule has 0 saturated carbocycles. The van der Waals surface area contributed by atoms with Crippen LogP contribution in [0.4, 0.5) is 0 Å². The Bertz CT molecular complexity index is 423. The Balaban J connectivity index is 1.90. The van der Waals surface area contributed by atoms with E-state index < -0.39 is 0 Å². The molecule has 3 unspecified atom stereocenters. The number of hydrogen-bond donors (Lipinski definition) is 1. The largest absolute Gasteiger partial charge is 0.378 e. The van der Waals surface area contributed by atoms with Crippen LogP contribution in [0.5, 0.6) is 0 Å². The van der Waals surface area contributed by atoms with Crippen molar-refractivity contribution in [2.24, 2.45) is 5.41 Å². The van der Waals surface area contributed by atoms with Gasteiger partial charge in [-0.2, -0.15) is 0 Å². The first kappa shape index (κ1) is 13.1. The normalized spacial score (nSPS) is 35.5. The fraction of sp³-hybridized carbons (Fsp3) is 0.647. The average Bonchev–Trinajstić information content (AvgIpc) is 2.40. The molecule has 0 bridgehead atoms. The van der Waals surface area contributed by atoms with Crippen molar-refractivity contribution in [2.45, 2.75) is 45.1 Å². The lowest BCUT2D eigenvalue weighted by atomic mass is 9.62. The Morgan fingerprint density at radius 1 is 1.21 bits per heavy atom. The molecular formula is C17H25NO. The predicted octanol–water partition coefficient (Wildman–Crippen LogP) is 3.26. The van der Waals surface area contributed by atoms with Gasteiger partial charge in [0, 0.05) is 19.1 Å². The Morgan fingerprint density at radius 3 is 2.74 bits per heavy atom. The minimum Gasteiger partial charge on any atom is -0.378 e. The zero-order chi connectivity index (χ0) is 13.3. The van der Waals surface area contributed by atoms with Gasteiger partial charge in [-0.3, -0.25) is 0 Å². The molecule has 1 spiro atoms.